The molecule has 0 bridgehead atoms. The van der Waals surface area contributed by atoms with Gasteiger partial charge in [0.2, 0.25) is 0 Å². The Labute approximate surface area is 111 Å². The smallest absolute Gasteiger partial charge is 0.0366 e. The van der Waals surface area contributed by atoms with Crippen LogP contribution in [-0.2, 0) is 5.41 Å². The van der Waals surface area contributed by atoms with Gasteiger partial charge in [0.05, 0.1) is 0 Å². The molecule has 1 aromatic carbocycles. The van der Waals surface area contributed by atoms with Crippen LogP contribution in [-0.4, -0.2) is 26.2 Å². The maximum Gasteiger partial charge on any atom is 0.0366 e. The normalized spacial score (nSPS) is 21.1. The molecule has 1 aromatic rings. The zero-order valence-electron chi connectivity index (χ0n) is 12.2. The average Bonchev–Trinajstić information content (AvgIpc) is 2.38. The molecule has 1 aliphatic rings. The number of piperidine rings is 1. The molecule has 0 aliphatic carbocycles. The lowest BCUT2D eigenvalue weighted by Crippen LogP contribution is -2.44. The van der Waals surface area contributed by atoms with Gasteiger partial charge in [-0.05, 0) is 43.0 Å². The molecule has 0 radical (unpaired) electrons. The van der Waals surface area contributed by atoms with Gasteiger partial charge in [0, 0.05) is 24.8 Å². The molecule has 2 rings (SSSR count). The molecule has 1 unspecified atom stereocenters. The van der Waals surface area contributed by atoms with Crippen LogP contribution in [0.3, 0.4) is 0 Å². The molecule has 1 saturated heterocycles. The molecule has 0 amide bonds. The highest BCUT2D eigenvalue weighted by Crippen LogP contribution is 2.26. The molecule has 1 heterocycles. The van der Waals surface area contributed by atoms with Crippen LogP contribution in [0.4, 0.5) is 5.69 Å². The summed E-state index contributed by atoms with van der Waals surface area (Å²) in [4.78, 5) is 2.50. The number of rotatable bonds is 2. The summed E-state index contributed by atoms with van der Waals surface area (Å²) in [6, 6.07) is 9.74. The number of hydrogen-bond donors (Lipinski definition) is 1. The van der Waals surface area contributed by atoms with E-state index in [0.29, 0.717) is 6.04 Å². The summed E-state index contributed by atoms with van der Waals surface area (Å²) >= 11 is 0. The number of benzene rings is 1. The molecular formula is C16H26N2. The Morgan fingerprint density at radius 1 is 1.17 bits per heavy atom. The van der Waals surface area contributed by atoms with Crippen LogP contribution >= 0.6 is 0 Å². The first kappa shape index (κ1) is 13.4. The van der Waals surface area contributed by atoms with Crippen molar-refractivity contribution in [1.29, 1.82) is 0 Å². The molecule has 1 atom stereocenters. The molecule has 0 aromatic heterocycles. The Morgan fingerprint density at radius 3 is 2.39 bits per heavy atom. The Hall–Kier alpha value is -1.02. The van der Waals surface area contributed by atoms with Crippen molar-refractivity contribution in [2.45, 2.75) is 45.1 Å². The fourth-order valence-electron chi connectivity index (χ4n) is 2.62. The minimum Gasteiger partial charge on any atom is -0.370 e. The highest BCUT2D eigenvalue weighted by molar-refractivity contribution is 5.49. The summed E-state index contributed by atoms with van der Waals surface area (Å²) in [7, 11) is 2.07. The Kier molecular flexibility index (Phi) is 3.96. The van der Waals surface area contributed by atoms with E-state index in [-0.39, 0.29) is 5.41 Å². The van der Waals surface area contributed by atoms with E-state index in [9.17, 15) is 0 Å². The zero-order chi connectivity index (χ0) is 13.2. The van der Waals surface area contributed by atoms with Crippen LogP contribution in [0.5, 0.6) is 0 Å². The van der Waals surface area contributed by atoms with Crippen molar-refractivity contribution in [3.63, 3.8) is 0 Å². The molecule has 0 spiro atoms. The topological polar surface area (TPSA) is 15.3 Å². The number of nitrogens with one attached hydrogen (secondary N) is 1. The monoisotopic (exact) mass is 246 g/mol. The predicted octanol–water partition coefficient (Wildman–Crippen LogP) is 3.17. The van der Waals surface area contributed by atoms with Gasteiger partial charge in [-0.1, -0.05) is 32.9 Å². The summed E-state index contributed by atoms with van der Waals surface area (Å²) < 4.78 is 0. The first-order valence-electron chi connectivity index (χ1n) is 7.03. The predicted molar refractivity (Wildman–Crippen MR) is 79.4 cm³/mol. The van der Waals surface area contributed by atoms with Crippen molar-refractivity contribution < 1.29 is 0 Å². The largest absolute Gasteiger partial charge is 0.370 e. The fourth-order valence-corrected chi connectivity index (χ4v) is 2.62. The molecule has 1 N–H and O–H groups in total. The average molecular weight is 246 g/mol. The van der Waals surface area contributed by atoms with Gasteiger partial charge < -0.3 is 10.2 Å². The Balaban J connectivity index is 2.09. The van der Waals surface area contributed by atoms with Gasteiger partial charge >= 0.3 is 0 Å². The fraction of sp³-hybridized carbons (Fsp3) is 0.625. The van der Waals surface area contributed by atoms with Crippen LogP contribution in [0.15, 0.2) is 24.3 Å². The van der Waals surface area contributed by atoms with Crippen molar-refractivity contribution in [2.75, 3.05) is 25.0 Å². The van der Waals surface area contributed by atoms with Crippen molar-refractivity contribution >= 4 is 5.69 Å². The molecule has 1 fully saturated rings. The number of hydrogen-bond acceptors (Lipinski definition) is 2. The van der Waals surface area contributed by atoms with Crippen LogP contribution in [0.2, 0.25) is 0 Å². The van der Waals surface area contributed by atoms with Gasteiger partial charge in [-0.3, -0.25) is 0 Å². The number of likely N-dealkylation sites (N-methyl/N-ethyl adjacent to an activating group) is 1. The van der Waals surface area contributed by atoms with Crippen LogP contribution in [0.1, 0.15) is 39.2 Å². The summed E-state index contributed by atoms with van der Waals surface area (Å²) in [6.45, 7) is 9.11. The first-order valence-corrected chi connectivity index (χ1v) is 7.03. The van der Waals surface area contributed by atoms with Gasteiger partial charge in [0.15, 0.2) is 0 Å². The highest BCUT2D eigenvalue weighted by Gasteiger charge is 2.19. The van der Waals surface area contributed by atoms with Gasteiger partial charge in [-0.15, -0.1) is 0 Å². The van der Waals surface area contributed by atoms with Crippen LogP contribution < -0.4 is 10.2 Å². The minimum absolute atomic E-state index is 0.244. The molecule has 18 heavy (non-hydrogen) atoms. The van der Waals surface area contributed by atoms with E-state index in [4.69, 9.17) is 0 Å². The summed E-state index contributed by atoms with van der Waals surface area (Å²) in [6.07, 6.45) is 2.58. The lowest BCUT2D eigenvalue weighted by molar-refractivity contribution is 0.449. The van der Waals surface area contributed by atoms with E-state index < -0.39 is 0 Å². The van der Waals surface area contributed by atoms with Gasteiger partial charge in [-0.2, -0.15) is 0 Å². The molecule has 2 heteroatoms. The third kappa shape index (κ3) is 3.05. The standard InChI is InChI=1S/C16H26N2/c1-16(2,3)13-7-9-15(10-8-13)18-11-5-6-14(12-18)17-4/h7-10,14,17H,5-6,11-12H2,1-4H3. The van der Waals surface area contributed by atoms with Crippen molar-refractivity contribution in [2.24, 2.45) is 0 Å². The number of nitrogens with zero attached hydrogens (tertiary/aromatic N) is 1. The second-order valence-corrected chi connectivity index (χ2v) is 6.37. The van der Waals surface area contributed by atoms with Gasteiger partial charge in [0.25, 0.3) is 0 Å². The Morgan fingerprint density at radius 2 is 1.83 bits per heavy atom. The van der Waals surface area contributed by atoms with E-state index in [2.05, 4.69) is 62.3 Å². The maximum atomic E-state index is 3.40. The van der Waals surface area contributed by atoms with E-state index in [1.165, 1.54) is 30.6 Å². The van der Waals surface area contributed by atoms with Gasteiger partial charge in [-0.25, -0.2) is 0 Å². The maximum absolute atomic E-state index is 3.40. The third-order valence-electron chi connectivity index (χ3n) is 3.93. The lowest BCUT2D eigenvalue weighted by atomic mass is 9.87. The molecular weight excluding hydrogens is 220 g/mol. The first-order chi connectivity index (χ1) is 8.50. The second kappa shape index (κ2) is 5.31. The van der Waals surface area contributed by atoms with Gasteiger partial charge in [0.1, 0.15) is 0 Å². The lowest BCUT2D eigenvalue weighted by Gasteiger charge is -2.34. The van der Waals surface area contributed by atoms with E-state index in [1.807, 2.05) is 0 Å². The van der Waals surface area contributed by atoms with E-state index in [1.54, 1.807) is 0 Å². The zero-order valence-corrected chi connectivity index (χ0v) is 12.2. The molecule has 100 valence electrons. The van der Waals surface area contributed by atoms with Crippen molar-refractivity contribution in [1.82, 2.24) is 5.32 Å². The Bertz CT molecular complexity index is 375. The molecule has 1 aliphatic heterocycles. The van der Waals surface area contributed by atoms with Crippen molar-refractivity contribution in [3.05, 3.63) is 29.8 Å². The summed E-state index contributed by atoms with van der Waals surface area (Å²) in [5.41, 5.74) is 3.02. The van der Waals surface area contributed by atoms with Crippen LogP contribution in [0, 0.1) is 0 Å². The highest BCUT2D eigenvalue weighted by atomic mass is 15.2. The second-order valence-electron chi connectivity index (χ2n) is 6.37. The number of anilines is 1. The summed E-state index contributed by atoms with van der Waals surface area (Å²) in [5, 5.41) is 3.40. The van der Waals surface area contributed by atoms with E-state index in [0.717, 1.165) is 6.54 Å². The minimum atomic E-state index is 0.244. The van der Waals surface area contributed by atoms with Crippen molar-refractivity contribution in [3.8, 4) is 0 Å². The third-order valence-corrected chi connectivity index (χ3v) is 3.93. The molecule has 0 saturated carbocycles. The molecule has 2 nitrogen and oxygen atoms in total. The van der Waals surface area contributed by atoms with Crippen LogP contribution in [0.25, 0.3) is 0 Å². The quantitative estimate of drug-likeness (QED) is 0.862. The SMILES string of the molecule is CNC1CCCN(c2ccc(C(C)(C)C)cc2)C1. The summed E-state index contributed by atoms with van der Waals surface area (Å²) in [5.74, 6) is 0. The van der Waals surface area contributed by atoms with E-state index >= 15 is 0 Å².